The lowest BCUT2D eigenvalue weighted by molar-refractivity contribution is -0.148. The van der Waals surface area contributed by atoms with Crippen molar-refractivity contribution in [2.75, 3.05) is 16.8 Å². The fourth-order valence-corrected chi connectivity index (χ4v) is 0.832. The van der Waals surface area contributed by atoms with E-state index in [-0.39, 0.29) is 17.8 Å². The first-order chi connectivity index (χ1) is 7.40. The Morgan fingerprint density at radius 2 is 1.50 bits per heavy atom. The maximum absolute atomic E-state index is 10.5. The average molecular weight is 228 g/mol. The molecule has 0 atom stereocenters. The Morgan fingerprint density at radius 3 is 1.88 bits per heavy atom. The summed E-state index contributed by atoms with van der Waals surface area (Å²) in [7, 11) is 0. The summed E-state index contributed by atoms with van der Waals surface area (Å²) in [4.78, 5) is 31.5. The smallest absolute Gasteiger partial charge is 0.338 e. The molecule has 10 nitrogen and oxygen atoms in total. The third-order valence-electron chi connectivity index (χ3n) is 1.44. The minimum Gasteiger partial charge on any atom is -0.479 e. The molecule has 0 spiro atoms. The molecule has 0 aliphatic carbocycles. The van der Waals surface area contributed by atoms with Crippen LogP contribution in [0.1, 0.15) is 0 Å². The maximum Gasteiger partial charge on any atom is 0.338 e. The van der Waals surface area contributed by atoms with Crippen LogP contribution in [0.4, 0.5) is 17.8 Å². The summed E-state index contributed by atoms with van der Waals surface area (Å²) in [5.74, 6) is -4.00. The molecular weight excluding hydrogens is 220 g/mol. The third kappa shape index (κ3) is 2.67. The number of aliphatic carboxylic acids is 2. The van der Waals surface area contributed by atoms with Crippen LogP contribution in [0.5, 0.6) is 0 Å². The predicted molar refractivity (Wildman–Crippen MR) is 51.3 cm³/mol. The molecule has 7 N–H and O–H groups in total. The molecule has 0 radical (unpaired) electrons. The van der Waals surface area contributed by atoms with Crippen molar-refractivity contribution >= 4 is 29.8 Å². The molecule has 1 aromatic heterocycles. The molecule has 10 heteroatoms. The van der Waals surface area contributed by atoms with Crippen LogP contribution in [-0.4, -0.2) is 43.1 Å². The van der Waals surface area contributed by atoms with Crippen LogP contribution in [0, 0.1) is 0 Å². The summed E-state index contributed by atoms with van der Waals surface area (Å²) in [5.41, 5.74) is 10.4. The summed E-state index contributed by atoms with van der Waals surface area (Å²) in [5, 5.41) is 19.2. The van der Waals surface area contributed by atoms with Crippen molar-refractivity contribution in [3.63, 3.8) is 0 Å². The Balaban J connectivity index is 2.93. The van der Waals surface area contributed by atoms with Gasteiger partial charge in [-0.1, -0.05) is 0 Å². The minimum absolute atomic E-state index is 0.246. The number of rotatable bonds is 4. The van der Waals surface area contributed by atoms with E-state index in [4.69, 9.17) is 21.7 Å². The second-order valence-corrected chi connectivity index (χ2v) is 2.63. The lowest BCUT2D eigenvalue weighted by atomic mass is 10.3. The third-order valence-corrected chi connectivity index (χ3v) is 1.44. The Bertz CT molecular complexity index is 401. The SMILES string of the molecule is Nc1nc(N)nc(NC(C(=O)O)C(=O)O)n1. The molecule has 0 unspecified atom stereocenters. The van der Waals surface area contributed by atoms with E-state index in [0.717, 1.165) is 0 Å². The Labute approximate surface area is 88.3 Å². The van der Waals surface area contributed by atoms with E-state index in [1.54, 1.807) is 0 Å². The highest BCUT2D eigenvalue weighted by molar-refractivity contribution is 5.99. The second kappa shape index (κ2) is 4.25. The Hall–Kier alpha value is -2.65. The van der Waals surface area contributed by atoms with Crippen molar-refractivity contribution in [3.05, 3.63) is 0 Å². The molecule has 86 valence electrons. The number of nitrogen functional groups attached to an aromatic ring is 2. The van der Waals surface area contributed by atoms with Gasteiger partial charge in [-0.15, -0.1) is 0 Å². The number of hydrogen-bond donors (Lipinski definition) is 5. The molecule has 0 amide bonds. The molecule has 1 aromatic rings. The minimum atomic E-state index is -1.89. The molecule has 16 heavy (non-hydrogen) atoms. The number of nitrogens with zero attached hydrogens (tertiary/aromatic N) is 3. The van der Waals surface area contributed by atoms with Gasteiger partial charge in [0.2, 0.25) is 23.9 Å². The van der Waals surface area contributed by atoms with Gasteiger partial charge < -0.3 is 27.0 Å². The summed E-state index contributed by atoms with van der Waals surface area (Å²) >= 11 is 0. The van der Waals surface area contributed by atoms with Crippen molar-refractivity contribution in [2.24, 2.45) is 0 Å². The molecule has 0 saturated heterocycles. The maximum atomic E-state index is 10.5. The quantitative estimate of drug-likeness (QED) is 0.361. The summed E-state index contributed by atoms with van der Waals surface area (Å²) in [6, 6.07) is -1.89. The molecule has 0 bridgehead atoms. The molecule has 1 heterocycles. The van der Waals surface area contributed by atoms with E-state index in [1.807, 2.05) is 5.32 Å². The normalized spacial score (nSPS) is 10.1. The number of nitrogens with two attached hydrogens (primary N) is 2. The van der Waals surface area contributed by atoms with Crippen molar-refractivity contribution in [2.45, 2.75) is 6.04 Å². The van der Waals surface area contributed by atoms with Crippen molar-refractivity contribution in [3.8, 4) is 0 Å². The number of anilines is 3. The molecule has 0 fully saturated rings. The van der Waals surface area contributed by atoms with E-state index in [0.29, 0.717) is 0 Å². The monoisotopic (exact) mass is 228 g/mol. The van der Waals surface area contributed by atoms with Crippen LogP contribution >= 0.6 is 0 Å². The molecule has 0 aliphatic rings. The van der Waals surface area contributed by atoms with Gasteiger partial charge in [-0.05, 0) is 0 Å². The van der Waals surface area contributed by atoms with Gasteiger partial charge in [-0.3, -0.25) is 0 Å². The van der Waals surface area contributed by atoms with Gasteiger partial charge in [0.1, 0.15) is 0 Å². The van der Waals surface area contributed by atoms with Gasteiger partial charge in [0, 0.05) is 0 Å². The fraction of sp³-hybridized carbons (Fsp3) is 0.167. The number of carboxylic acid groups (broad SMARTS) is 2. The van der Waals surface area contributed by atoms with Crippen molar-refractivity contribution in [1.29, 1.82) is 0 Å². The zero-order valence-electron chi connectivity index (χ0n) is 7.78. The van der Waals surface area contributed by atoms with Crippen LogP contribution in [0.15, 0.2) is 0 Å². The fourth-order valence-electron chi connectivity index (χ4n) is 0.832. The molecule has 0 saturated carbocycles. The van der Waals surface area contributed by atoms with E-state index in [1.165, 1.54) is 0 Å². The lowest BCUT2D eigenvalue weighted by Crippen LogP contribution is -2.38. The van der Waals surface area contributed by atoms with Gasteiger partial charge in [0.25, 0.3) is 0 Å². The van der Waals surface area contributed by atoms with Gasteiger partial charge in [0.15, 0.2) is 0 Å². The van der Waals surface area contributed by atoms with E-state index < -0.39 is 18.0 Å². The zero-order chi connectivity index (χ0) is 12.3. The highest BCUT2D eigenvalue weighted by Gasteiger charge is 2.26. The summed E-state index contributed by atoms with van der Waals surface area (Å²) < 4.78 is 0. The standard InChI is InChI=1S/C6H8N6O4/c7-4-10-5(8)12-6(11-4)9-1(2(13)14)3(15)16/h1H,(H,13,14)(H,15,16)(H5,7,8,9,10,11,12). The van der Waals surface area contributed by atoms with E-state index >= 15 is 0 Å². The molecule has 0 aromatic carbocycles. The van der Waals surface area contributed by atoms with Crippen LogP contribution in [0.2, 0.25) is 0 Å². The highest BCUT2D eigenvalue weighted by Crippen LogP contribution is 2.05. The number of hydrogen-bond acceptors (Lipinski definition) is 8. The van der Waals surface area contributed by atoms with Crippen LogP contribution in [0.3, 0.4) is 0 Å². The van der Waals surface area contributed by atoms with Gasteiger partial charge >= 0.3 is 11.9 Å². The van der Waals surface area contributed by atoms with Crippen molar-refractivity contribution < 1.29 is 19.8 Å². The first-order valence-electron chi connectivity index (χ1n) is 3.89. The number of nitrogens with one attached hydrogen (secondary N) is 1. The van der Waals surface area contributed by atoms with Gasteiger partial charge in [0.05, 0.1) is 0 Å². The summed E-state index contributed by atoms with van der Waals surface area (Å²) in [6.45, 7) is 0. The lowest BCUT2D eigenvalue weighted by Gasteiger charge is -2.09. The predicted octanol–water partition coefficient (Wildman–Crippen LogP) is -2.01. The van der Waals surface area contributed by atoms with E-state index in [2.05, 4.69) is 15.0 Å². The Morgan fingerprint density at radius 1 is 1.06 bits per heavy atom. The van der Waals surface area contributed by atoms with E-state index in [9.17, 15) is 9.59 Å². The number of carbonyl (C=O) groups is 2. The van der Waals surface area contributed by atoms with Crippen molar-refractivity contribution in [1.82, 2.24) is 15.0 Å². The Kier molecular flexibility index (Phi) is 3.03. The van der Waals surface area contributed by atoms with Crippen LogP contribution < -0.4 is 16.8 Å². The average Bonchev–Trinajstić information content (AvgIpc) is 2.11. The largest absolute Gasteiger partial charge is 0.479 e. The highest BCUT2D eigenvalue weighted by atomic mass is 16.4. The number of aromatic nitrogens is 3. The van der Waals surface area contributed by atoms with Gasteiger partial charge in [-0.2, -0.15) is 15.0 Å². The first kappa shape index (κ1) is 11.4. The number of carboxylic acids is 2. The van der Waals surface area contributed by atoms with Gasteiger partial charge in [-0.25, -0.2) is 9.59 Å². The molecule has 1 rings (SSSR count). The second-order valence-electron chi connectivity index (χ2n) is 2.63. The van der Waals surface area contributed by atoms with Crippen LogP contribution in [0.25, 0.3) is 0 Å². The van der Waals surface area contributed by atoms with Crippen LogP contribution in [-0.2, 0) is 9.59 Å². The molecular formula is C6H8N6O4. The first-order valence-corrected chi connectivity index (χ1v) is 3.89. The molecule has 0 aliphatic heterocycles. The topological polar surface area (TPSA) is 177 Å². The summed E-state index contributed by atoms with van der Waals surface area (Å²) in [6.07, 6.45) is 0. The zero-order valence-corrected chi connectivity index (χ0v) is 7.78.